The number of hydrogen-bond donors (Lipinski definition) is 1. The van der Waals surface area contributed by atoms with Crippen LogP contribution in [0.25, 0.3) is 0 Å². The Labute approximate surface area is 178 Å². The zero-order valence-corrected chi connectivity index (χ0v) is 18.7. The number of hydrogen-bond acceptors (Lipinski definition) is 7. The van der Waals surface area contributed by atoms with Gasteiger partial charge in [0.15, 0.2) is 23.8 Å². The summed E-state index contributed by atoms with van der Waals surface area (Å²) >= 11 is 0. The molecule has 0 saturated carbocycles. The van der Waals surface area contributed by atoms with Crippen molar-refractivity contribution in [2.75, 3.05) is 6.61 Å². The molecule has 7 nitrogen and oxygen atoms in total. The third-order valence-corrected chi connectivity index (χ3v) is 6.46. The van der Waals surface area contributed by atoms with Gasteiger partial charge in [-0.15, -0.1) is 5.92 Å². The zero-order chi connectivity index (χ0) is 22.0. The van der Waals surface area contributed by atoms with Crippen molar-refractivity contribution >= 4 is 10.1 Å². The second-order valence-corrected chi connectivity index (χ2v) is 9.80. The maximum Gasteiger partial charge on any atom is 0.297 e. The van der Waals surface area contributed by atoms with Crippen LogP contribution in [0.5, 0.6) is 0 Å². The predicted octanol–water partition coefficient (Wildman–Crippen LogP) is 2.89. The first-order valence-corrected chi connectivity index (χ1v) is 11.7. The van der Waals surface area contributed by atoms with E-state index in [1.54, 1.807) is 26.0 Å². The average Bonchev–Trinajstić information content (AvgIpc) is 3.11. The zero-order valence-electron chi connectivity index (χ0n) is 17.9. The monoisotopic (exact) mass is 438 g/mol. The van der Waals surface area contributed by atoms with Gasteiger partial charge in [0.1, 0.15) is 6.10 Å². The van der Waals surface area contributed by atoms with E-state index in [0.29, 0.717) is 6.42 Å². The number of aryl methyl sites for hydroxylation is 1. The highest BCUT2D eigenvalue weighted by atomic mass is 32.2. The summed E-state index contributed by atoms with van der Waals surface area (Å²) in [5.74, 6) is 4.91. The Bertz CT molecular complexity index is 898. The summed E-state index contributed by atoms with van der Waals surface area (Å²) in [6, 6.07) is 6.33. The molecule has 2 aliphatic heterocycles. The minimum Gasteiger partial charge on any atom is -0.372 e. The Morgan fingerprint density at radius 3 is 2.53 bits per heavy atom. The van der Waals surface area contributed by atoms with Crippen LogP contribution in [0.4, 0.5) is 0 Å². The standard InChI is InChI=1S/C22H30O7S/c1-5-6-7-8-9-14-22(23)18(27-20-19(22)28-21(3,4)29-20)15-26-30(24,25)17-12-10-16(2)11-13-17/h10-13,18-20,23H,5-8,15H2,1-4H3/t18?,19-,20+,22+/m0/s1. The van der Waals surface area contributed by atoms with Crippen LogP contribution in [0, 0.1) is 18.8 Å². The van der Waals surface area contributed by atoms with Crippen LogP contribution in [-0.4, -0.2) is 50.0 Å². The van der Waals surface area contributed by atoms with E-state index in [2.05, 4.69) is 18.8 Å². The molecular formula is C22H30O7S. The molecule has 1 N–H and O–H groups in total. The van der Waals surface area contributed by atoms with Crippen LogP contribution in [0.1, 0.15) is 52.0 Å². The number of benzene rings is 1. The van der Waals surface area contributed by atoms with Crippen LogP contribution in [-0.2, 0) is 28.5 Å². The summed E-state index contributed by atoms with van der Waals surface area (Å²) in [6.45, 7) is 7.00. The molecule has 2 heterocycles. The number of aliphatic hydroxyl groups is 1. The minimum atomic E-state index is -4.01. The van der Waals surface area contributed by atoms with Gasteiger partial charge >= 0.3 is 0 Å². The molecule has 0 amide bonds. The molecule has 8 heteroatoms. The molecule has 2 aliphatic rings. The van der Waals surface area contributed by atoms with Gasteiger partial charge in [0, 0.05) is 6.42 Å². The Balaban J connectivity index is 1.76. The van der Waals surface area contributed by atoms with Crippen molar-refractivity contribution in [2.45, 2.75) is 88.2 Å². The fourth-order valence-electron chi connectivity index (χ4n) is 3.49. The molecule has 2 fully saturated rings. The second-order valence-electron chi connectivity index (χ2n) is 8.19. The van der Waals surface area contributed by atoms with Crippen molar-refractivity contribution in [2.24, 2.45) is 0 Å². The lowest BCUT2D eigenvalue weighted by molar-refractivity contribution is -0.224. The molecule has 0 bridgehead atoms. The summed E-state index contributed by atoms with van der Waals surface area (Å²) in [6.07, 6.45) is 0.893. The van der Waals surface area contributed by atoms with Gasteiger partial charge in [-0.1, -0.05) is 43.4 Å². The first-order valence-electron chi connectivity index (χ1n) is 10.3. The van der Waals surface area contributed by atoms with Crippen LogP contribution >= 0.6 is 0 Å². The SMILES string of the molecule is CCCCCC#C[C@@]1(O)C(COS(=O)(=O)c2ccc(C)cc2)O[C@@H]2OC(C)(C)O[C@@H]21. The Kier molecular flexibility index (Phi) is 6.92. The highest BCUT2D eigenvalue weighted by molar-refractivity contribution is 7.86. The molecule has 4 atom stereocenters. The Morgan fingerprint density at radius 1 is 1.17 bits per heavy atom. The predicted molar refractivity (Wildman–Crippen MR) is 110 cm³/mol. The normalized spacial score (nSPS) is 30.0. The fourth-order valence-corrected chi connectivity index (χ4v) is 4.39. The molecule has 1 aromatic rings. The van der Waals surface area contributed by atoms with Crippen molar-refractivity contribution in [1.29, 1.82) is 0 Å². The van der Waals surface area contributed by atoms with Gasteiger partial charge in [-0.3, -0.25) is 4.18 Å². The Morgan fingerprint density at radius 2 is 1.87 bits per heavy atom. The average molecular weight is 439 g/mol. The van der Waals surface area contributed by atoms with Gasteiger partial charge in [-0.2, -0.15) is 8.42 Å². The van der Waals surface area contributed by atoms with Crippen LogP contribution in [0.15, 0.2) is 29.2 Å². The highest BCUT2D eigenvalue weighted by Gasteiger charge is 2.63. The third kappa shape index (κ3) is 5.05. The Hall–Kier alpha value is -1.47. The summed E-state index contributed by atoms with van der Waals surface area (Å²) in [5, 5.41) is 11.3. The van der Waals surface area contributed by atoms with Crippen LogP contribution in [0.3, 0.4) is 0 Å². The van der Waals surface area contributed by atoms with E-state index in [-0.39, 0.29) is 4.90 Å². The summed E-state index contributed by atoms with van der Waals surface area (Å²) in [5.41, 5.74) is -0.807. The van der Waals surface area contributed by atoms with E-state index in [9.17, 15) is 13.5 Å². The van der Waals surface area contributed by atoms with Crippen molar-refractivity contribution < 1.29 is 31.9 Å². The summed E-state index contributed by atoms with van der Waals surface area (Å²) < 4.78 is 47.6. The van der Waals surface area contributed by atoms with Crippen molar-refractivity contribution in [3.8, 4) is 11.8 Å². The van der Waals surface area contributed by atoms with Gasteiger partial charge in [0.2, 0.25) is 0 Å². The summed E-state index contributed by atoms with van der Waals surface area (Å²) in [4.78, 5) is 0.0362. The molecule has 2 saturated heterocycles. The first kappa shape index (κ1) is 23.2. The lowest BCUT2D eigenvalue weighted by Gasteiger charge is -2.29. The number of ether oxygens (including phenoxy) is 3. The topological polar surface area (TPSA) is 91.3 Å². The van der Waals surface area contributed by atoms with E-state index >= 15 is 0 Å². The van der Waals surface area contributed by atoms with E-state index in [1.165, 1.54) is 12.1 Å². The molecule has 0 spiro atoms. The molecule has 0 aromatic heterocycles. The van der Waals surface area contributed by atoms with Crippen molar-refractivity contribution in [3.63, 3.8) is 0 Å². The van der Waals surface area contributed by atoms with E-state index in [4.69, 9.17) is 18.4 Å². The quantitative estimate of drug-likeness (QED) is 0.398. The molecule has 166 valence electrons. The maximum absolute atomic E-state index is 12.5. The van der Waals surface area contributed by atoms with Gasteiger partial charge in [0.25, 0.3) is 10.1 Å². The molecule has 0 radical (unpaired) electrons. The van der Waals surface area contributed by atoms with Gasteiger partial charge in [-0.25, -0.2) is 0 Å². The lowest BCUT2D eigenvalue weighted by atomic mass is 9.93. The van der Waals surface area contributed by atoms with Gasteiger partial charge < -0.3 is 19.3 Å². The fraction of sp³-hybridized carbons (Fsp3) is 0.636. The highest BCUT2D eigenvalue weighted by Crippen LogP contribution is 2.43. The smallest absolute Gasteiger partial charge is 0.297 e. The second kappa shape index (κ2) is 8.95. The third-order valence-electron chi connectivity index (χ3n) is 5.16. The molecular weight excluding hydrogens is 408 g/mol. The lowest BCUT2D eigenvalue weighted by Crippen LogP contribution is -2.49. The molecule has 1 aromatic carbocycles. The number of fused-ring (bicyclic) bond motifs is 1. The van der Waals surface area contributed by atoms with E-state index < -0.39 is 46.6 Å². The largest absolute Gasteiger partial charge is 0.372 e. The van der Waals surface area contributed by atoms with Gasteiger partial charge in [-0.05, 0) is 39.3 Å². The van der Waals surface area contributed by atoms with E-state index in [1.807, 2.05) is 6.92 Å². The van der Waals surface area contributed by atoms with E-state index in [0.717, 1.165) is 24.8 Å². The van der Waals surface area contributed by atoms with Gasteiger partial charge in [0.05, 0.1) is 11.5 Å². The molecule has 3 rings (SSSR count). The first-order chi connectivity index (χ1) is 14.1. The minimum absolute atomic E-state index is 0.0362. The van der Waals surface area contributed by atoms with Crippen LogP contribution < -0.4 is 0 Å². The molecule has 30 heavy (non-hydrogen) atoms. The number of unbranched alkanes of at least 4 members (excludes halogenated alkanes) is 3. The number of rotatable bonds is 7. The van der Waals surface area contributed by atoms with Crippen molar-refractivity contribution in [1.82, 2.24) is 0 Å². The molecule has 1 unspecified atom stereocenters. The van der Waals surface area contributed by atoms with Crippen LogP contribution in [0.2, 0.25) is 0 Å². The molecule has 0 aliphatic carbocycles. The maximum atomic E-state index is 12.5. The summed E-state index contributed by atoms with van der Waals surface area (Å²) in [7, 11) is -4.01. The van der Waals surface area contributed by atoms with Crippen molar-refractivity contribution in [3.05, 3.63) is 29.8 Å².